The van der Waals surface area contributed by atoms with Crippen LogP contribution in [0.5, 0.6) is 5.75 Å². The first-order valence-electron chi connectivity index (χ1n) is 3.83. The number of aromatic hydroxyl groups is 1. The van der Waals surface area contributed by atoms with Crippen LogP contribution in [0.1, 0.15) is 12.5 Å². The zero-order chi connectivity index (χ0) is 8.97. The molecule has 0 unspecified atom stereocenters. The number of aliphatic imine (C=N–C) groups is 1. The lowest BCUT2D eigenvalue weighted by molar-refractivity contribution is 0.475. The first-order valence-corrected chi connectivity index (χ1v) is 3.83. The van der Waals surface area contributed by atoms with Crippen LogP contribution in [0.2, 0.25) is 0 Å². The third kappa shape index (κ3) is 1.99. The van der Waals surface area contributed by atoms with Crippen molar-refractivity contribution in [2.45, 2.75) is 6.92 Å². The Kier molecular flexibility index (Phi) is 2.69. The number of hydrogen-bond acceptors (Lipinski definition) is 2. The summed E-state index contributed by atoms with van der Waals surface area (Å²) in [4.78, 5) is 4.02. The molecule has 1 aromatic carbocycles. The molecule has 12 heavy (non-hydrogen) atoms. The summed E-state index contributed by atoms with van der Waals surface area (Å²) in [6.45, 7) is 2.57. The predicted octanol–water partition coefficient (Wildman–Crippen LogP) is 1.12. The van der Waals surface area contributed by atoms with Crippen molar-refractivity contribution in [3.8, 4) is 5.75 Å². The van der Waals surface area contributed by atoms with Crippen LogP contribution in [0.4, 0.5) is 0 Å². The number of nitrogens with zero attached hydrogens (tertiary/aromatic N) is 1. The number of phenols is 1. The van der Waals surface area contributed by atoms with E-state index < -0.39 is 0 Å². The van der Waals surface area contributed by atoms with Gasteiger partial charge in [-0.15, -0.1) is 0 Å². The van der Waals surface area contributed by atoms with Crippen LogP contribution >= 0.6 is 0 Å². The Bertz CT molecular complexity index is 294. The molecule has 0 aliphatic heterocycles. The van der Waals surface area contributed by atoms with Gasteiger partial charge in [0.2, 0.25) is 0 Å². The van der Waals surface area contributed by atoms with Crippen molar-refractivity contribution in [2.24, 2.45) is 10.7 Å². The second kappa shape index (κ2) is 3.76. The minimum atomic E-state index is 0.210. The van der Waals surface area contributed by atoms with E-state index in [-0.39, 0.29) is 5.75 Å². The fourth-order valence-corrected chi connectivity index (χ4v) is 0.927. The van der Waals surface area contributed by atoms with Gasteiger partial charge < -0.3 is 10.8 Å². The molecule has 0 radical (unpaired) electrons. The zero-order valence-electron chi connectivity index (χ0n) is 6.99. The highest BCUT2D eigenvalue weighted by Crippen LogP contribution is 2.10. The van der Waals surface area contributed by atoms with E-state index in [1.807, 2.05) is 13.0 Å². The molecule has 3 heteroatoms. The van der Waals surface area contributed by atoms with Crippen LogP contribution in [-0.4, -0.2) is 17.5 Å². The van der Waals surface area contributed by atoms with E-state index >= 15 is 0 Å². The van der Waals surface area contributed by atoms with E-state index in [0.717, 1.165) is 5.56 Å². The molecule has 0 heterocycles. The van der Waals surface area contributed by atoms with Crippen LogP contribution in [0.25, 0.3) is 0 Å². The van der Waals surface area contributed by atoms with E-state index in [4.69, 9.17) is 10.8 Å². The molecule has 3 nitrogen and oxygen atoms in total. The molecule has 0 atom stereocenters. The molecule has 64 valence electrons. The van der Waals surface area contributed by atoms with Gasteiger partial charge >= 0.3 is 0 Å². The van der Waals surface area contributed by atoms with E-state index in [9.17, 15) is 0 Å². The molecule has 0 spiro atoms. The highest BCUT2D eigenvalue weighted by Gasteiger charge is 1.97. The van der Waals surface area contributed by atoms with Crippen LogP contribution < -0.4 is 5.73 Å². The standard InChI is InChI=1S/C9H12N2O/c1-2-11-9(10)7-4-3-5-8(12)6-7/h3-6,12H,2H2,1H3,(H2,10,11). The minimum absolute atomic E-state index is 0.210. The maximum atomic E-state index is 9.12. The fourth-order valence-electron chi connectivity index (χ4n) is 0.927. The molecule has 1 aromatic rings. The van der Waals surface area contributed by atoms with Crippen molar-refractivity contribution in [1.82, 2.24) is 0 Å². The fraction of sp³-hybridized carbons (Fsp3) is 0.222. The third-order valence-electron chi connectivity index (χ3n) is 1.47. The van der Waals surface area contributed by atoms with E-state index in [1.165, 1.54) is 0 Å². The summed E-state index contributed by atoms with van der Waals surface area (Å²) in [7, 11) is 0. The van der Waals surface area contributed by atoms with Crippen molar-refractivity contribution in [3.63, 3.8) is 0 Å². The summed E-state index contributed by atoms with van der Waals surface area (Å²) < 4.78 is 0. The van der Waals surface area contributed by atoms with Gasteiger partial charge in [-0.1, -0.05) is 12.1 Å². The predicted molar refractivity (Wildman–Crippen MR) is 49.4 cm³/mol. The summed E-state index contributed by atoms with van der Waals surface area (Å²) in [6, 6.07) is 6.74. The molecular weight excluding hydrogens is 152 g/mol. The monoisotopic (exact) mass is 164 g/mol. The first kappa shape index (κ1) is 8.59. The summed E-state index contributed by atoms with van der Waals surface area (Å²) in [5.74, 6) is 0.676. The van der Waals surface area contributed by atoms with Crippen LogP contribution in [-0.2, 0) is 0 Å². The number of benzene rings is 1. The average Bonchev–Trinajstić information content (AvgIpc) is 2.05. The van der Waals surface area contributed by atoms with Gasteiger partial charge in [0, 0.05) is 12.1 Å². The van der Waals surface area contributed by atoms with Gasteiger partial charge in [0.1, 0.15) is 11.6 Å². The Morgan fingerprint density at radius 3 is 2.92 bits per heavy atom. The van der Waals surface area contributed by atoms with Gasteiger partial charge in [0.15, 0.2) is 0 Å². The Morgan fingerprint density at radius 2 is 2.33 bits per heavy atom. The smallest absolute Gasteiger partial charge is 0.125 e. The lowest BCUT2D eigenvalue weighted by Gasteiger charge is -1.99. The normalized spacial score (nSPS) is 11.6. The molecule has 0 bridgehead atoms. The van der Waals surface area contributed by atoms with Crippen molar-refractivity contribution in [1.29, 1.82) is 0 Å². The van der Waals surface area contributed by atoms with Crippen molar-refractivity contribution < 1.29 is 5.11 Å². The maximum absolute atomic E-state index is 9.12. The van der Waals surface area contributed by atoms with Crippen molar-refractivity contribution in [2.75, 3.05) is 6.54 Å². The first-order chi connectivity index (χ1) is 5.74. The van der Waals surface area contributed by atoms with Crippen LogP contribution in [0.3, 0.4) is 0 Å². The molecule has 0 fully saturated rings. The average molecular weight is 164 g/mol. The van der Waals surface area contributed by atoms with Gasteiger partial charge in [0.25, 0.3) is 0 Å². The zero-order valence-corrected chi connectivity index (χ0v) is 6.99. The Morgan fingerprint density at radius 1 is 1.58 bits per heavy atom. The number of hydrogen-bond donors (Lipinski definition) is 2. The van der Waals surface area contributed by atoms with Crippen molar-refractivity contribution >= 4 is 5.84 Å². The highest BCUT2D eigenvalue weighted by molar-refractivity contribution is 5.97. The molecular formula is C9H12N2O. The maximum Gasteiger partial charge on any atom is 0.125 e. The van der Waals surface area contributed by atoms with Gasteiger partial charge in [-0.25, -0.2) is 0 Å². The topological polar surface area (TPSA) is 58.6 Å². The molecule has 0 amide bonds. The minimum Gasteiger partial charge on any atom is -0.508 e. The van der Waals surface area contributed by atoms with E-state index in [1.54, 1.807) is 18.2 Å². The third-order valence-corrected chi connectivity index (χ3v) is 1.47. The molecule has 0 aliphatic carbocycles. The van der Waals surface area contributed by atoms with E-state index in [0.29, 0.717) is 12.4 Å². The molecule has 3 N–H and O–H groups in total. The largest absolute Gasteiger partial charge is 0.508 e. The molecule has 0 saturated heterocycles. The van der Waals surface area contributed by atoms with Crippen LogP contribution in [0.15, 0.2) is 29.3 Å². The lowest BCUT2D eigenvalue weighted by Crippen LogP contribution is -2.13. The number of nitrogens with two attached hydrogens (primary N) is 1. The van der Waals surface area contributed by atoms with Crippen LogP contribution in [0, 0.1) is 0 Å². The molecule has 1 rings (SSSR count). The van der Waals surface area contributed by atoms with E-state index in [2.05, 4.69) is 4.99 Å². The Balaban J connectivity index is 2.95. The van der Waals surface area contributed by atoms with Gasteiger partial charge in [-0.05, 0) is 19.1 Å². The Hall–Kier alpha value is -1.51. The molecule has 0 saturated carbocycles. The summed E-state index contributed by atoms with van der Waals surface area (Å²) >= 11 is 0. The second-order valence-corrected chi connectivity index (χ2v) is 2.41. The number of rotatable bonds is 2. The second-order valence-electron chi connectivity index (χ2n) is 2.41. The number of phenolic OH excluding ortho intramolecular Hbond substituents is 1. The SMILES string of the molecule is CCN=C(N)c1cccc(O)c1. The van der Waals surface area contributed by atoms with Gasteiger partial charge in [0.05, 0.1) is 0 Å². The number of amidine groups is 1. The molecule has 0 aliphatic rings. The highest BCUT2D eigenvalue weighted by atomic mass is 16.3. The van der Waals surface area contributed by atoms with Gasteiger partial charge in [-0.2, -0.15) is 0 Å². The molecule has 0 aromatic heterocycles. The summed E-state index contributed by atoms with van der Waals surface area (Å²) in [6.07, 6.45) is 0. The summed E-state index contributed by atoms with van der Waals surface area (Å²) in [5.41, 5.74) is 6.37. The lowest BCUT2D eigenvalue weighted by atomic mass is 10.2. The van der Waals surface area contributed by atoms with Crippen molar-refractivity contribution in [3.05, 3.63) is 29.8 Å². The van der Waals surface area contributed by atoms with Gasteiger partial charge in [-0.3, -0.25) is 4.99 Å². The quantitative estimate of drug-likeness (QED) is 0.508. The Labute approximate surface area is 71.6 Å². The summed E-state index contributed by atoms with van der Waals surface area (Å²) in [5, 5.41) is 9.12.